The van der Waals surface area contributed by atoms with Crippen LogP contribution in [0.15, 0.2) is 48.5 Å². The van der Waals surface area contributed by atoms with E-state index in [0.29, 0.717) is 17.8 Å². The lowest BCUT2D eigenvalue weighted by molar-refractivity contribution is -0.117. The molecule has 0 aliphatic heterocycles. The smallest absolute Gasteiger partial charge is 0.254 e. The highest BCUT2D eigenvalue weighted by Gasteiger charge is 2.33. The molecule has 2 fully saturated rings. The molecule has 0 aromatic heterocycles. The summed E-state index contributed by atoms with van der Waals surface area (Å²) in [5, 5.41) is 2.88. The second-order valence-electron chi connectivity index (χ2n) is 7.14. The fourth-order valence-corrected chi connectivity index (χ4v) is 3.07. The van der Waals surface area contributed by atoms with Crippen molar-refractivity contribution in [3.63, 3.8) is 0 Å². The van der Waals surface area contributed by atoms with Crippen LogP contribution in [0.3, 0.4) is 0 Å². The first-order valence-electron chi connectivity index (χ1n) is 9.06. The van der Waals surface area contributed by atoms with Crippen molar-refractivity contribution in [3.05, 3.63) is 65.5 Å². The van der Waals surface area contributed by atoms with Gasteiger partial charge in [-0.25, -0.2) is 4.39 Å². The van der Waals surface area contributed by atoms with Gasteiger partial charge in [-0.05, 0) is 61.6 Å². The highest BCUT2D eigenvalue weighted by molar-refractivity contribution is 5.98. The monoisotopic (exact) mass is 352 g/mol. The van der Waals surface area contributed by atoms with Crippen molar-refractivity contribution >= 4 is 17.5 Å². The first-order chi connectivity index (χ1) is 12.6. The predicted octanol–water partition coefficient (Wildman–Crippen LogP) is 3.98. The van der Waals surface area contributed by atoms with Gasteiger partial charge in [0.15, 0.2) is 0 Å². The van der Waals surface area contributed by atoms with Gasteiger partial charge in [0.05, 0.1) is 0 Å². The zero-order valence-corrected chi connectivity index (χ0v) is 14.5. The van der Waals surface area contributed by atoms with E-state index in [4.69, 9.17) is 0 Å². The summed E-state index contributed by atoms with van der Waals surface area (Å²) in [5.41, 5.74) is 1.97. The molecule has 2 aromatic rings. The SMILES string of the molecule is O=C(Nc1cccc(C(=O)N(Cc2cccc(F)c2)C2CC2)c1)C1CC1. The fourth-order valence-electron chi connectivity index (χ4n) is 3.07. The Bertz CT molecular complexity index is 843. The van der Waals surface area contributed by atoms with Crippen molar-refractivity contribution in [2.75, 3.05) is 5.32 Å². The Morgan fingerprint density at radius 1 is 1.04 bits per heavy atom. The molecule has 0 unspecified atom stereocenters. The lowest BCUT2D eigenvalue weighted by Crippen LogP contribution is -2.32. The number of anilines is 1. The van der Waals surface area contributed by atoms with Crippen molar-refractivity contribution in [1.29, 1.82) is 0 Å². The van der Waals surface area contributed by atoms with Gasteiger partial charge < -0.3 is 10.2 Å². The van der Waals surface area contributed by atoms with E-state index in [9.17, 15) is 14.0 Å². The minimum atomic E-state index is -0.296. The molecule has 2 aromatic carbocycles. The summed E-state index contributed by atoms with van der Waals surface area (Å²) < 4.78 is 13.5. The lowest BCUT2D eigenvalue weighted by atomic mass is 10.1. The van der Waals surface area contributed by atoms with Gasteiger partial charge in [0.2, 0.25) is 5.91 Å². The number of nitrogens with zero attached hydrogens (tertiary/aromatic N) is 1. The van der Waals surface area contributed by atoms with E-state index in [0.717, 1.165) is 31.2 Å². The van der Waals surface area contributed by atoms with Crippen LogP contribution in [0.25, 0.3) is 0 Å². The van der Waals surface area contributed by atoms with Gasteiger partial charge in [0.25, 0.3) is 5.91 Å². The average molecular weight is 352 g/mol. The standard InChI is InChI=1S/C21H21FN2O2/c22-17-5-1-3-14(11-17)13-24(19-9-10-19)21(26)16-4-2-6-18(12-16)23-20(25)15-7-8-15/h1-6,11-12,15,19H,7-10,13H2,(H,23,25). The van der Waals surface area contributed by atoms with E-state index < -0.39 is 0 Å². The van der Waals surface area contributed by atoms with E-state index in [2.05, 4.69) is 5.32 Å². The number of amides is 2. The molecule has 0 radical (unpaired) electrons. The zero-order valence-electron chi connectivity index (χ0n) is 14.5. The number of halogens is 1. The average Bonchev–Trinajstić information content (AvgIpc) is 3.52. The van der Waals surface area contributed by atoms with E-state index in [1.165, 1.54) is 12.1 Å². The third-order valence-electron chi connectivity index (χ3n) is 4.82. The minimum Gasteiger partial charge on any atom is -0.331 e. The number of hydrogen-bond acceptors (Lipinski definition) is 2. The van der Waals surface area contributed by atoms with Crippen molar-refractivity contribution in [2.45, 2.75) is 38.3 Å². The fraction of sp³-hybridized carbons (Fsp3) is 0.333. The molecule has 2 aliphatic carbocycles. The van der Waals surface area contributed by atoms with Crippen LogP contribution in [0.5, 0.6) is 0 Å². The third kappa shape index (κ3) is 3.93. The Labute approximate surface area is 152 Å². The molecule has 5 heteroatoms. The van der Waals surface area contributed by atoms with E-state index in [1.54, 1.807) is 35.2 Å². The van der Waals surface area contributed by atoms with Crippen molar-refractivity contribution in [3.8, 4) is 0 Å². The summed E-state index contributed by atoms with van der Waals surface area (Å²) in [5.74, 6) is -0.242. The summed E-state index contributed by atoms with van der Waals surface area (Å²) in [6.45, 7) is 0.389. The number of carbonyl (C=O) groups is 2. The Hall–Kier alpha value is -2.69. The van der Waals surface area contributed by atoms with Gasteiger partial charge in [-0.15, -0.1) is 0 Å². The number of nitrogens with one attached hydrogen (secondary N) is 1. The second-order valence-corrected chi connectivity index (χ2v) is 7.14. The summed E-state index contributed by atoms with van der Waals surface area (Å²) in [6.07, 6.45) is 3.82. The van der Waals surface area contributed by atoms with Crippen LogP contribution in [0.1, 0.15) is 41.6 Å². The van der Waals surface area contributed by atoms with E-state index in [-0.39, 0.29) is 29.6 Å². The molecule has 0 atom stereocenters. The quantitative estimate of drug-likeness (QED) is 0.855. The molecule has 4 rings (SSSR count). The van der Waals surface area contributed by atoms with Gasteiger partial charge in [0.1, 0.15) is 5.82 Å². The summed E-state index contributed by atoms with van der Waals surface area (Å²) in [4.78, 5) is 26.8. The number of rotatable bonds is 6. The molecule has 2 amide bonds. The Kier molecular flexibility index (Phi) is 4.45. The van der Waals surface area contributed by atoms with Gasteiger partial charge >= 0.3 is 0 Å². The van der Waals surface area contributed by atoms with E-state index in [1.807, 2.05) is 6.07 Å². The molecule has 0 heterocycles. The van der Waals surface area contributed by atoms with Crippen LogP contribution in [-0.4, -0.2) is 22.8 Å². The molecule has 2 aliphatic rings. The first-order valence-corrected chi connectivity index (χ1v) is 9.06. The molecule has 26 heavy (non-hydrogen) atoms. The van der Waals surface area contributed by atoms with E-state index >= 15 is 0 Å². The Morgan fingerprint density at radius 3 is 2.50 bits per heavy atom. The predicted molar refractivity (Wildman–Crippen MR) is 97.1 cm³/mol. The molecular weight excluding hydrogens is 331 g/mol. The third-order valence-corrected chi connectivity index (χ3v) is 4.82. The van der Waals surface area contributed by atoms with Crippen LogP contribution in [0, 0.1) is 11.7 Å². The number of hydrogen-bond donors (Lipinski definition) is 1. The highest BCUT2D eigenvalue weighted by Crippen LogP contribution is 2.32. The molecule has 0 spiro atoms. The van der Waals surface area contributed by atoms with Gasteiger partial charge in [0, 0.05) is 29.8 Å². The first kappa shape index (κ1) is 16.8. The Balaban J connectivity index is 1.51. The maximum absolute atomic E-state index is 13.5. The molecule has 134 valence electrons. The normalized spacial score (nSPS) is 16.2. The van der Waals surface area contributed by atoms with Crippen LogP contribution < -0.4 is 5.32 Å². The summed E-state index contributed by atoms with van der Waals surface area (Å²) in [6, 6.07) is 13.6. The van der Waals surface area contributed by atoms with Gasteiger partial charge in [-0.3, -0.25) is 9.59 Å². The van der Waals surface area contributed by atoms with Crippen molar-refractivity contribution < 1.29 is 14.0 Å². The topological polar surface area (TPSA) is 49.4 Å². The van der Waals surface area contributed by atoms with Gasteiger partial charge in [-0.2, -0.15) is 0 Å². The van der Waals surface area contributed by atoms with Crippen LogP contribution >= 0.6 is 0 Å². The molecule has 1 N–H and O–H groups in total. The van der Waals surface area contributed by atoms with Gasteiger partial charge in [-0.1, -0.05) is 18.2 Å². The highest BCUT2D eigenvalue weighted by atomic mass is 19.1. The number of carbonyl (C=O) groups excluding carboxylic acids is 2. The molecule has 0 saturated heterocycles. The number of benzene rings is 2. The van der Waals surface area contributed by atoms with Crippen molar-refractivity contribution in [2.24, 2.45) is 5.92 Å². The zero-order chi connectivity index (χ0) is 18.1. The summed E-state index contributed by atoms with van der Waals surface area (Å²) >= 11 is 0. The maximum atomic E-state index is 13.5. The maximum Gasteiger partial charge on any atom is 0.254 e. The largest absolute Gasteiger partial charge is 0.331 e. The van der Waals surface area contributed by atoms with Crippen molar-refractivity contribution in [1.82, 2.24) is 4.90 Å². The molecule has 4 nitrogen and oxygen atoms in total. The lowest BCUT2D eigenvalue weighted by Gasteiger charge is -2.23. The van der Waals surface area contributed by atoms with Crippen LogP contribution in [0.2, 0.25) is 0 Å². The second kappa shape index (κ2) is 6.90. The molecule has 0 bridgehead atoms. The summed E-state index contributed by atoms with van der Waals surface area (Å²) in [7, 11) is 0. The molecule has 2 saturated carbocycles. The van der Waals surface area contributed by atoms with Crippen LogP contribution in [-0.2, 0) is 11.3 Å². The molecular formula is C21H21FN2O2. The Morgan fingerprint density at radius 2 is 1.81 bits per heavy atom. The minimum absolute atomic E-state index is 0.0217. The van der Waals surface area contributed by atoms with Crippen LogP contribution in [0.4, 0.5) is 10.1 Å².